The van der Waals surface area contributed by atoms with Gasteiger partial charge in [0.2, 0.25) is 0 Å². The highest BCUT2D eigenvalue weighted by Crippen LogP contribution is 2.38. The van der Waals surface area contributed by atoms with E-state index in [0.29, 0.717) is 12.2 Å². The summed E-state index contributed by atoms with van der Waals surface area (Å²) in [5.41, 5.74) is 2.80. The molecule has 4 nitrogen and oxygen atoms in total. The number of ether oxygens (including phenoxy) is 2. The number of aromatic nitrogens is 1. The van der Waals surface area contributed by atoms with E-state index in [4.69, 9.17) is 9.47 Å². The zero-order valence-corrected chi connectivity index (χ0v) is 13.2. The van der Waals surface area contributed by atoms with Gasteiger partial charge >= 0.3 is 0 Å². The van der Waals surface area contributed by atoms with E-state index in [1.54, 1.807) is 18.4 Å². The number of nitrogens with zero attached hydrogens (tertiary/aromatic N) is 1. The number of hydrogen-bond acceptors (Lipinski definition) is 5. The molecular formula is C16H19NO3S. The molecule has 1 aliphatic heterocycles. The van der Waals surface area contributed by atoms with Crippen molar-refractivity contribution in [3.05, 3.63) is 39.3 Å². The fourth-order valence-corrected chi connectivity index (χ4v) is 3.33. The first-order valence-corrected chi connectivity index (χ1v) is 7.91. The number of fused-ring (bicyclic) bond motifs is 1. The van der Waals surface area contributed by atoms with E-state index in [-0.39, 0.29) is 6.10 Å². The van der Waals surface area contributed by atoms with Crippen LogP contribution in [0.4, 0.5) is 0 Å². The van der Waals surface area contributed by atoms with E-state index in [9.17, 15) is 5.11 Å². The zero-order chi connectivity index (χ0) is 15.0. The first kappa shape index (κ1) is 14.4. The molecule has 0 bridgehead atoms. The Balaban J connectivity index is 1.88. The van der Waals surface area contributed by atoms with Crippen LogP contribution in [0, 0.1) is 6.92 Å². The van der Waals surface area contributed by atoms with E-state index in [1.807, 2.05) is 31.4 Å². The Morgan fingerprint density at radius 1 is 1.52 bits per heavy atom. The SMILES string of the molecule is COc1cc2c(cc1C(O)Cc1csc(C)n1)OC(C)C2. The van der Waals surface area contributed by atoms with E-state index < -0.39 is 6.10 Å². The minimum Gasteiger partial charge on any atom is -0.496 e. The predicted octanol–water partition coefficient (Wildman–Crippen LogP) is 3.06. The van der Waals surface area contributed by atoms with Gasteiger partial charge in [-0.05, 0) is 26.0 Å². The highest BCUT2D eigenvalue weighted by molar-refractivity contribution is 7.09. The fraction of sp³-hybridized carbons (Fsp3) is 0.438. The Morgan fingerprint density at radius 2 is 2.33 bits per heavy atom. The lowest BCUT2D eigenvalue weighted by atomic mass is 10.0. The van der Waals surface area contributed by atoms with Crippen LogP contribution in [0.1, 0.15) is 34.9 Å². The van der Waals surface area contributed by atoms with Crippen LogP contribution in [0.25, 0.3) is 0 Å². The molecule has 2 aromatic rings. The summed E-state index contributed by atoms with van der Waals surface area (Å²) in [5.74, 6) is 1.57. The Kier molecular flexibility index (Phi) is 3.87. The summed E-state index contributed by atoms with van der Waals surface area (Å²) in [4.78, 5) is 4.40. The van der Waals surface area contributed by atoms with Crippen molar-refractivity contribution in [2.45, 2.75) is 38.9 Å². The zero-order valence-electron chi connectivity index (χ0n) is 12.4. The molecule has 1 aromatic carbocycles. The molecular weight excluding hydrogens is 286 g/mol. The molecule has 0 fully saturated rings. The van der Waals surface area contributed by atoms with Crippen molar-refractivity contribution in [3.63, 3.8) is 0 Å². The van der Waals surface area contributed by atoms with Crippen LogP contribution in [0.3, 0.4) is 0 Å². The molecule has 2 unspecified atom stereocenters. The van der Waals surface area contributed by atoms with Crippen molar-refractivity contribution in [1.29, 1.82) is 0 Å². The Bertz CT molecular complexity index is 653. The largest absolute Gasteiger partial charge is 0.496 e. The maximum Gasteiger partial charge on any atom is 0.125 e. The van der Waals surface area contributed by atoms with Gasteiger partial charge in [-0.3, -0.25) is 0 Å². The third-order valence-electron chi connectivity index (χ3n) is 3.68. The molecule has 0 amide bonds. The fourth-order valence-electron chi connectivity index (χ4n) is 2.70. The second kappa shape index (κ2) is 5.66. The second-order valence-corrected chi connectivity index (χ2v) is 6.47. The summed E-state index contributed by atoms with van der Waals surface area (Å²) in [6.45, 7) is 4.01. The summed E-state index contributed by atoms with van der Waals surface area (Å²) in [5, 5.41) is 13.5. The molecule has 0 radical (unpaired) electrons. The number of rotatable bonds is 4. The van der Waals surface area contributed by atoms with Gasteiger partial charge < -0.3 is 14.6 Å². The van der Waals surface area contributed by atoms with E-state index in [1.165, 1.54) is 0 Å². The molecule has 0 spiro atoms. The molecule has 21 heavy (non-hydrogen) atoms. The Morgan fingerprint density at radius 3 is 3.00 bits per heavy atom. The third-order valence-corrected chi connectivity index (χ3v) is 4.50. The molecule has 1 aliphatic rings. The van der Waals surface area contributed by atoms with Gasteiger partial charge in [-0.25, -0.2) is 4.98 Å². The van der Waals surface area contributed by atoms with Gasteiger partial charge in [0.25, 0.3) is 0 Å². The van der Waals surface area contributed by atoms with Gasteiger partial charge in [0.05, 0.1) is 23.9 Å². The summed E-state index contributed by atoms with van der Waals surface area (Å²) >= 11 is 1.59. The molecule has 5 heteroatoms. The number of thiazole rings is 1. The van der Waals surface area contributed by atoms with Gasteiger partial charge in [0, 0.05) is 29.3 Å². The van der Waals surface area contributed by atoms with Crippen molar-refractivity contribution in [2.75, 3.05) is 7.11 Å². The lowest BCUT2D eigenvalue weighted by Gasteiger charge is -2.15. The normalized spacial score (nSPS) is 18.2. The molecule has 2 atom stereocenters. The summed E-state index contributed by atoms with van der Waals surface area (Å²) < 4.78 is 11.2. The molecule has 112 valence electrons. The van der Waals surface area contributed by atoms with Gasteiger partial charge in [0.15, 0.2) is 0 Å². The summed E-state index contributed by atoms with van der Waals surface area (Å²) in [6.07, 6.45) is 0.895. The van der Waals surface area contributed by atoms with Crippen LogP contribution in [0.5, 0.6) is 11.5 Å². The van der Waals surface area contributed by atoms with Crippen molar-refractivity contribution in [1.82, 2.24) is 4.98 Å². The maximum absolute atomic E-state index is 10.5. The number of aryl methyl sites for hydroxylation is 1. The molecule has 3 rings (SSSR count). The Hall–Kier alpha value is -1.59. The van der Waals surface area contributed by atoms with E-state index in [0.717, 1.165) is 34.0 Å². The van der Waals surface area contributed by atoms with Crippen LogP contribution < -0.4 is 9.47 Å². The number of benzene rings is 1. The third kappa shape index (κ3) is 2.89. The number of methoxy groups -OCH3 is 1. The minimum absolute atomic E-state index is 0.179. The average Bonchev–Trinajstić information content (AvgIpc) is 3.01. The number of hydrogen-bond donors (Lipinski definition) is 1. The van der Waals surface area contributed by atoms with Gasteiger partial charge in [0.1, 0.15) is 17.6 Å². The van der Waals surface area contributed by atoms with E-state index in [2.05, 4.69) is 4.98 Å². The molecule has 1 N–H and O–H groups in total. The first-order valence-electron chi connectivity index (χ1n) is 7.03. The first-order chi connectivity index (χ1) is 10.1. The van der Waals surface area contributed by atoms with Crippen LogP contribution in [0.15, 0.2) is 17.5 Å². The lowest BCUT2D eigenvalue weighted by molar-refractivity contribution is 0.172. The van der Waals surface area contributed by atoms with Crippen molar-refractivity contribution < 1.29 is 14.6 Å². The highest BCUT2D eigenvalue weighted by Gasteiger charge is 2.24. The summed E-state index contributed by atoms with van der Waals surface area (Å²) in [6, 6.07) is 3.88. The van der Waals surface area contributed by atoms with Crippen molar-refractivity contribution >= 4 is 11.3 Å². The monoisotopic (exact) mass is 305 g/mol. The molecule has 0 aliphatic carbocycles. The standard InChI is InChI=1S/C16H19NO3S/c1-9-4-11-5-16(19-3)13(7-15(11)20-9)14(18)6-12-8-21-10(2)17-12/h5,7-9,14,18H,4,6H2,1-3H3. The van der Waals surface area contributed by atoms with Gasteiger partial charge in [-0.15, -0.1) is 11.3 Å². The molecule has 1 aromatic heterocycles. The summed E-state index contributed by atoms with van der Waals surface area (Å²) in [7, 11) is 1.63. The Labute approximate surface area is 128 Å². The molecule has 0 saturated carbocycles. The van der Waals surface area contributed by atoms with Gasteiger partial charge in [-0.1, -0.05) is 0 Å². The van der Waals surface area contributed by atoms with E-state index >= 15 is 0 Å². The molecule has 2 heterocycles. The minimum atomic E-state index is -0.647. The van der Waals surface area contributed by atoms with Crippen LogP contribution in [-0.4, -0.2) is 23.3 Å². The number of aliphatic hydroxyl groups is 1. The molecule has 0 saturated heterocycles. The lowest BCUT2D eigenvalue weighted by Crippen LogP contribution is -2.06. The van der Waals surface area contributed by atoms with Gasteiger partial charge in [-0.2, -0.15) is 0 Å². The van der Waals surface area contributed by atoms with Crippen LogP contribution >= 0.6 is 11.3 Å². The second-order valence-electron chi connectivity index (χ2n) is 5.41. The van der Waals surface area contributed by atoms with Crippen LogP contribution in [-0.2, 0) is 12.8 Å². The average molecular weight is 305 g/mol. The van der Waals surface area contributed by atoms with Crippen LogP contribution in [0.2, 0.25) is 0 Å². The van der Waals surface area contributed by atoms with Crippen molar-refractivity contribution in [2.24, 2.45) is 0 Å². The topological polar surface area (TPSA) is 51.6 Å². The smallest absolute Gasteiger partial charge is 0.125 e. The highest BCUT2D eigenvalue weighted by atomic mass is 32.1. The number of aliphatic hydroxyl groups excluding tert-OH is 1. The predicted molar refractivity (Wildman–Crippen MR) is 82.3 cm³/mol. The quantitative estimate of drug-likeness (QED) is 0.943. The maximum atomic E-state index is 10.5. The van der Waals surface area contributed by atoms with Crippen molar-refractivity contribution in [3.8, 4) is 11.5 Å².